The van der Waals surface area contributed by atoms with Gasteiger partial charge in [-0.25, -0.2) is 4.79 Å². The maximum Gasteiger partial charge on any atom is 0.338 e. The maximum atomic E-state index is 12.6. The number of non-ortho nitro benzene ring substituents is 1. The van der Waals surface area contributed by atoms with Crippen molar-refractivity contribution in [2.24, 2.45) is 7.05 Å². The summed E-state index contributed by atoms with van der Waals surface area (Å²) in [6.07, 6.45) is 5.18. The highest BCUT2D eigenvalue weighted by atomic mass is 16.6. The first-order valence-corrected chi connectivity index (χ1v) is 16.5. The summed E-state index contributed by atoms with van der Waals surface area (Å²) in [7, 11) is 1.63. The molecule has 3 aromatic carbocycles. The minimum atomic E-state index is -0.535. The standard InChI is InChI=1S/C38H40N4O8/c1-38(2,3)50-37(44)25-8-10-26(11-9-25)41-18-15-28(16-19-41)47-20-21-48-29-6-5-7-30(23-29)49-34-13-12-27(42(45)46)22-32(34)33-24-40(4)36(43)35-31(33)14-17-39-35/h5-14,17,22-24,28,39H,15-16,18-21H2,1-4H3. The molecule has 1 aliphatic heterocycles. The number of aromatic amines is 1. The summed E-state index contributed by atoms with van der Waals surface area (Å²) in [4.78, 5) is 41.4. The monoisotopic (exact) mass is 680 g/mol. The molecular weight excluding hydrogens is 640 g/mol. The summed E-state index contributed by atoms with van der Waals surface area (Å²) < 4.78 is 25.3. The van der Waals surface area contributed by atoms with Crippen LogP contribution in [0.2, 0.25) is 0 Å². The van der Waals surface area contributed by atoms with E-state index in [-0.39, 0.29) is 23.3 Å². The van der Waals surface area contributed by atoms with Crippen LogP contribution in [-0.4, -0.2) is 58.5 Å². The van der Waals surface area contributed by atoms with Crippen molar-refractivity contribution < 1.29 is 28.7 Å². The number of anilines is 1. The number of nitro groups is 1. The number of nitrogens with one attached hydrogen (secondary N) is 1. The molecular formula is C38H40N4O8. The lowest BCUT2D eigenvalue weighted by Gasteiger charge is -2.33. The van der Waals surface area contributed by atoms with E-state index in [0.29, 0.717) is 58.1 Å². The second kappa shape index (κ2) is 14.5. The Kier molecular flexibility index (Phi) is 9.91. The number of rotatable bonds is 11. The molecule has 0 bridgehead atoms. The van der Waals surface area contributed by atoms with Gasteiger partial charge in [-0.1, -0.05) is 6.07 Å². The number of fused-ring (bicyclic) bond motifs is 1. The highest BCUT2D eigenvalue weighted by molar-refractivity contribution is 5.96. The Morgan fingerprint density at radius 3 is 2.42 bits per heavy atom. The minimum absolute atomic E-state index is 0.0957. The quantitative estimate of drug-likeness (QED) is 0.0661. The number of carbonyl (C=O) groups excluding carboxylic acids is 1. The Balaban J connectivity index is 1.03. The number of hydrogen-bond donors (Lipinski definition) is 1. The second-order valence-corrected chi connectivity index (χ2v) is 13.2. The van der Waals surface area contributed by atoms with E-state index in [9.17, 15) is 19.7 Å². The average molecular weight is 681 g/mol. The predicted octanol–water partition coefficient (Wildman–Crippen LogP) is 7.25. The van der Waals surface area contributed by atoms with Crippen molar-refractivity contribution in [3.8, 4) is 28.4 Å². The number of pyridine rings is 1. The Labute approximate surface area is 289 Å². The van der Waals surface area contributed by atoms with Gasteiger partial charge in [0.15, 0.2) is 0 Å². The van der Waals surface area contributed by atoms with Crippen molar-refractivity contribution in [2.45, 2.75) is 45.3 Å². The van der Waals surface area contributed by atoms with E-state index in [1.54, 1.807) is 43.7 Å². The molecule has 0 radical (unpaired) electrons. The van der Waals surface area contributed by atoms with Gasteiger partial charge >= 0.3 is 5.97 Å². The Hall–Kier alpha value is -5.62. The van der Waals surface area contributed by atoms with Crippen LogP contribution in [0.4, 0.5) is 11.4 Å². The van der Waals surface area contributed by atoms with E-state index in [4.69, 9.17) is 18.9 Å². The Bertz CT molecular complexity index is 2050. The van der Waals surface area contributed by atoms with E-state index < -0.39 is 10.5 Å². The minimum Gasteiger partial charge on any atom is -0.491 e. The molecule has 5 aromatic rings. The lowest BCUT2D eigenvalue weighted by Crippen LogP contribution is -2.37. The number of H-pyrrole nitrogens is 1. The summed E-state index contributed by atoms with van der Waals surface area (Å²) in [5.74, 6) is 1.14. The first-order valence-electron chi connectivity index (χ1n) is 16.5. The lowest BCUT2D eigenvalue weighted by molar-refractivity contribution is -0.384. The molecule has 1 saturated heterocycles. The van der Waals surface area contributed by atoms with Crippen LogP contribution >= 0.6 is 0 Å². The molecule has 0 spiro atoms. The SMILES string of the molecule is Cn1cc(-c2cc([N+](=O)[O-])ccc2Oc2cccc(OCCOC3CCN(c4ccc(C(=O)OC(C)(C)C)cc4)CC3)c2)c2cc[nH]c2c1=O. The summed E-state index contributed by atoms with van der Waals surface area (Å²) in [5.41, 5.74) is 2.26. The fourth-order valence-corrected chi connectivity index (χ4v) is 5.97. The fraction of sp³-hybridized carbons (Fsp3) is 0.316. The molecule has 0 amide bonds. The number of aromatic nitrogens is 2. The average Bonchev–Trinajstić information content (AvgIpc) is 3.59. The zero-order chi connectivity index (χ0) is 35.4. The van der Waals surface area contributed by atoms with Gasteiger partial charge in [0.1, 0.15) is 35.0 Å². The molecule has 260 valence electrons. The number of piperidine rings is 1. The number of aryl methyl sites for hydroxylation is 1. The van der Waals surface area contributed by atoms with Crippen molar-refractivity contribution in [3.63, 3.8) is 0 Å². The first-order chi connectivity index (χ1) is 23.9. The van der Waals surface area contributed by atoms with Crippen LogP contribution < -0.4 is 19.9 Å². The van der Waals surface area contributed by atoms with E-state index in [2.05, 4.69) is 9.88 Å². The zero-order valence-electron chi connectivity index (χ0n) is 28.5. The zero-order valence-corrected chi connectivity index (χ0v) is 28.5. The topological polar surface area (TPSA) is 138 Å². The van der Waals surface area contributed by atoms with E-state index in [1.165, 1.54) is 16.7 Å². The Morgan fingerprint density at radius 1 is 0.960 bits per heavy atom. The molecule has 1 N–H and O–H groups in total. The number of nitro benzene ring substituents is 1. The van der Waals surface area contributed by atoms with Gasteiger partial charge in [-0.05, 0) is 82.1 Å². The molecule has 6 rings (SSSR count). The number of esters is 1. The number of benzene rings is 3. The van der Waals surface area contributed by atoms with Crippen molar-refractivity contribution in [3.05, 3.63) is 111 Å². The summed E-state index contributed by atoms with van der Waals surface area (Å²) in [6, 6.07) is 20.9. The van der Waals surface area contributed by atoms with Gasteiger partial charge in [-0.15, -0.1) is 0 Å². The smallest absolute Gasteiger partial charge is 0.338 e. The molecule has 50 heavy (non-hydrogen) atoms. The maximum absolute atomic E-state index is 12.6. The number of carbonyl (C=O) groups is 1. The van der Waals surface area contributed by atoms with Crippen molar-refractivity contribution in [1.82, 2.24) is 9.55 Å². The number of hydrogen-bond acceptors (Lipinski definition) is 9. The van der Waals surface area contributed by atoms with Crippen LogP contribution in [0.15, 0.2) is 90.0 Å². The molecule has 12 nitrogen and oxygen atoms in total. The van der Waals surface area contributed by atoms with Crippen LogP contribution in [0.25, 0.3) is 22.0 Å². The van der Waals surface area contributed by atoms with E-state index >= 15 is 0 Å². The van der Waals surface area contributed by atoms with Gasteiger partial charge in [0.05, 0.1) is 23.2 Å². The molecule has 0 unspecified atom stereocenters. The van der Waals surface area contributed by atoms with Gasteiger partial charge in [0, 0.05) is 72.9 Å². The largest absolute Gasteiger partial charge is 0.491 e. The van der Waals surface area contributed by atoms with Crippen molar-refractivity contribution in [1.29, 1.82) is 0 Å². The van der Waals surface area contributed by atoms with Crippen LogP contribution in [0.3, 0.4) is 0 Å². The molecule has 0 aliphatic carbocycles. The molecule has 3 heterocycles. The van der Waals surface area contributed by atoms with E-state index in [1.807, 2.05) is 57.2 Å². The van der Waals surface area contributed by atoms with Crippen LogP contribution in [0, 0.1) is 10.1 Å². The van der Waals surface area contributed by atoms with Gasteiger partial charge < -0.3 is 33.4 Å². The normalized spacial score (nSPS) is 13.7. The van der Waals surface area contributed by atoms with Crippen LogP contribution in [-0.2, 0) is 16.5 Å². The lowest BCUT2D eigenvalue weighted by atomic mass is 10.0. The predicted molar refractivity (Wildman–Crippen MR) is 190 cm³/mol. The number of nitrogens with zero attached hydrogens (tertiary/aromatic N) is 3. The van der Waals surface area contributed by atoms with E-state index in [0.717, 1.165) is 31.6 Å². The highest BCUT2D eigenvalue weighted by Crippen LogP contribution is 2.39. The first kappa shape index (κ1) is 34.3. The van der Waals surface area contributed by atoms with Crippen LogP contribution in [0.1, 0.15) is 44.0 Å². The van der Waals surface area contributed by atoms with Gasteiger partial charge in [0.25, 0.3) is 11.2 Å². The van der Waals surface area contributed by atoms with Crippen LogP contribution in [0.5, 0.6) is 17.2 Å². The van der Waals surface area contributed by atoms with Gasteiger partial charge in [-0.3, -0.25) is 14.9 Å². The summed E-state index contributed by atoms with van der Waals surface area (Å²) in [5, 5.41) is 12.3. The van der Waals surface area contributed by atoms with Crippen molar-refractivity contribution in [2.75, 3.05) is 31.2 Å². The second-order valence-electron chi connectivity index (χ2n) is 13.2. The molecule has 0 atom stereocenters. The third-order valence-electron chi connectivity index (χ3n) is 8.41. The fourth-order valence-electron chi connectivity index (χ4n) is 5.97. The highest BCUT2D eigenvalue weighted by Gasteiger charge is 2.22. The van der Waals surface area contributed by atoms with Crippen molar-refractivity contribution >= 4 is 28.2 Å². The summed E-state index contributed by atoms with van der Waals surface area (Å²) >= 11 is 0. The third kappa shape index (κ3) is 7.98. The molecule has 12 heteroatoms. The number of ether oxygens (including phenoxy) is 4. The van der Waals surface area contributed by atoms with Gasteiger partial charge in [0.2, 0.25) is 0 Å². The molecule has 1 fully saturated rings. The summed E-state index contributed by atoms with van der Waals surface area (Å²) in [6.45, 7) is 8.02. The molecule has 0 saturated carbocycles. The third-order valence-corrected chi connectivity index (χ3v) is 8.41. The van der Waals surface area contributed by atoms with Gasteiger partial charge in [-0.2, -0.15) is 0 Å². The Morgan fingerprint density at radius 2 is 1.70 bits per heavy atom. The molecule has 1 aliphatic rings. The molecule has 2 aromatic heterocycles.